The van der Waals surface area contributed by atoms with E-state index < -0.39 is 0 Å². The van der Waals surface area contributed by atoms with Crippen molar-refractivity contribution in [3.8, 4) is 44.5 Å². The second kappa shape index (κ2) is 9.48. The molecular weight excluding hydrogens is 528 g/mol. The first-order chi connectivity index (χ1) is 18.7. The van der Waals surface area contributed by atoms with Gasteiger partial charge in [0.15, 0.2) is 0 Å². The van der Waals surface area contributed by atoms with Crippen LogP contribution < -0.4 is 0 Å². The van der Waals surface area contributed by atoms with Crippen molar-refractivity contribution < 1.29 is 4.42 Å². The minimum atomic E-state index is 0.910. The monoisotopic (exact) mass is 550 g/mol. The lowest BCUT2D eigenvalue weighted by molar-refractivity contribution is 0.670. The summed E-state index contributed by atoms with van der Waals surface area (Å²) >= 11 is 3.80. The van der Waals surface area contributed by atoms with E-state index in [1.165, 1.54) is 27.8 Å². The summed E-state index contributed by atoms with van der Waals surface area (Å²) in [4.78, 5) is 0. The Hall–Kier alpha value is -4.40. The van der Waals surface area contributed by atoms with Gasteiger partial charge in [0.1, 0.15) is 11.2 Å². The van der Waals surface area contributed by atoms with E-state index in [4.69, 9.17) is 4.42 Å². The van der Waals surface area contributed by atoms with E-state index in [2.05, 4.69) is 143 Å². The van der Waals surface area contributed by atoms with Gasteiger partial charge in [-0.3, -0.25) is 0 Å². The van der Waals surface area contributed by atoms with E-state index in [9.17, 15) is 0 Å². The number of rotatable bonds is 4. The van der Waals surface area contributed by atoms with Crippen LogP contribution in [0, 0.1) is 0 Å². The molecule has 0 spiro atoms. The van der Waals surface area contributed by atoms with E-state index >= 15 is 0 Å². The Morgan fingerprint density at radius 3 is 1.58 bits per heavy atom. The molecule has 0 unspecified atom stereocenters. The largest absolute Gasteiger partial charge is 0.455 e. The molecule has 0 amide bonds. The molecule has 2 heteroatoms. The molecule has 0 bridgehead atoms. The van der Waals surface area contributed by atoms with Gasteiger partial charge in [0.2, 0.25) is 0 Å². The molecule has 0 atom stereocenters. The van der Waals surface area contributed by atoms with E-state index in [1.807, 2.05) is 12.1 Å². The normalized spacial score (nSPS) is 11.3. The van der Waals surface area contributed by atoms with Crippen molar-refractivity contribution in [2.24, 2.45) is 0 Å². The Balaban J connectivity index is 1.43. The average Bonchev–Trinajstić information content (AvgIpc) is 3.36. The van der Waals surface area contributed by atoms with Crippen LogP contribution in [0.1, 0.15) is 0 Å². The highest BCUT2D eigenvalue weighted by Crippen LogP contribution is 2.39. The third kappa shape index (κ3) is 4.13. The third-order valence-corrected chi connectivity index (χ3v) is 7.55. The molecule has 1 aromatic heterocycles. The summed E-state index contributed by atoms with van der Waals surface area (Å²) in [5, 5.41) is 2.28. The molecule has 1 heterocycles. The van der Waals surface area contributed by atoms with Crippen LogP contribution >= 0.6 is 15.9 Å². The number of halogens is 1. The standard InChI is InChI=1S/C36H23BrO/c37-31-22-29(21-30(23-31)32-15-9-16-34-33-14-7-8-17-35(33)38-36(32)34)28-19-26(24-10-3-1-4-11-24)18-27(20-28)25-12-5-2-6-13-25/h1-23H. The highest BCUT2D eigenvalue weighted by Gasteiger charge is 2.14. The molecule has 7 rings (SSSR count). The Morgan fingerprint density at radius 2 is 0.895 bits per heavy atom. The SMILES string of the molecule is Brc1cc(-c2cc(-c3ccccc3)cc(-c3ccccc3)c2)cc(-c2cccc3c2oc2ccccc23)c1. The summed E-state index contributed by atoms with van der Waals surface area (Å²) in [5.41, 5.74) is 11.2. The summed E-state index contributed by atoms with van der Waals surface area (Å²) in [7, 11) is 0. The zero-order valence-corrected chi connectivity index (χ0v) is 22.2. The fraction of sp³-hybridized carbons (Fsp3) is 0. The van der Waals surface area contributed by atoms with Crippen molar-refractivity contribution in [2.45, 2.75) is 0 Å². The Labute approximate surface area is 230 Å². The predicted octanol–water partition coefficient (Wildman–Crippen LogP) is 11.0. The molecule has 7 aromatic rings. The first kappa shape index (κ1) is 22.8. The molecular formula is C36H23BrO. The van der Waals surface area contributed by atoms with Crippen LogP contribution in [-0.4, -0.2) is 0 Å². The molecule has 38 heavy (non-hydrogen) atoms. The summed E-state index contributed by atoms with van der Waals surface area (Å²) in [6, 6.07) is 49.3. The summed E-state index contributed by atoms with van der Waals surface area (Å²) in [5.74, 6) is 0. The van der Waals surface area contributed by atoms with Crippen molar-refractivity contribution in [1.29, 1.82) is 0 Å². The van der Waals surface area contributed by atoms with Crippen LogP contribution in [0.15, 0.2) is 148 Å². The van der Waals surface area contributed by atoms with E-state index in [1.54, 1.807) is 0 Å². The zero-order valence-electron chi connectivity index (χ0n) is 20.6. The van der Waals surface area contributed by atoms with Gasteiger partial charge in [-0.1, -0.05) is 113 Å². The van der Waals surface area contributed by atoms with E-state index in [-0.39, 0.29) is 0 Å². The molecule has 0 N–H and O–H groups in total. The van der Waals surface area contributed by atoms with Gasteiger partial charge in [0.05, 0.1) is 0 Å². The van der Waals surface area contributed by atoms with Gasteiger partial charge >= 0.3 is 0 Å². The number of para-hydroxylation sites is 2. The van der Waals surface area contributed by atoms with Gasteiger partial charge in [-0.25, -0.2) is 0 Å². The molecule has 0 radical (unpaired) electrons. The summed E-state index contributed by atoms with van der Waals surface area (Å²) in [6.45, 7) is 0. The fourth-order valence-corrected chi connectivity index (χ4v) is 5.77. The van der Waals surface area contributed by atoms with Crippen molar-refractivity contribution in [3.05, 3.63) is 144 Å². The maximum atomic E-state index is 6.36. The van der Waals surface area contributed by atoms with Gasteiger partial charge in [0, 0.05) is 20.8 Å². The van der Waals surface area contributed by atoms with Crippen molar-refractivity contribution in [2.75, 3.05) is 0 Å². The lowest BCUT2D eigenvalue weighted by Gasteiger charge is -2.13. The zero-order chi connectivity index (χ0) is 25.5. The Kier molecular flexibility index (Phi) is 5.68. The van der Waals surface area contributed by atoms with Crippen molar-refractivity contribution in [1.82, 2.24) is 0 Å². The fourth-order valence-electron chi connectivity index (χ4n) is 5.28. The third-order valence-electron chi connectivity index (χ3n) is 7.09. The summed E-state index contributed by atoms with van der Waals surface area (Å²) in [6.07, 6.45) is 0. The average molecular weight is 551 g/mol. The lowest BCUT2D eigenvalue weighted by atomic mass is 9.92. The maximum Gasteiger partial charge on any atom is 0.143 e. The number of fused-ring (bicyclic) bond motifs is 3. The van der Waals surface area contributed by atoms with Gasteiger partial charge in [-0.15, -0.1) is 0 Å². The van der Waals surface area contributed by atoms with Crippen LogP contribution in [0.3, 0.4) is 0 Å². The van der Waals surface area contributed by atoms with Crippen LogP contribution in [0.2, 0.25) is 0 Å². The summed E-state index contributed by atoms with van der Waals surface area (Å²) < 4.78 is 7.39. The van der Waals surface area contributed by atoms with Crippen LogP contribution in [-0.2, 0) is 0 Å². The van der Waals surface area contributed by atoms with Crippen LogP contribution in [0.25, 0.3) is 66.4 Å². The maximum absolute atomic E-state index is 6.36. The molecule has 0 saturated carbocycles. The van der Waals surface area contributed by atoms with Gasteiger partial charge in [-0.05, 0) is 81.4 Å². The first-order valence-corrected chi connectivity index (χ1v) is 13.5. The predicted molar refractivity (Wildman–Crippen MR) is 163 cm³/mol. The minimum absolute atomic E-state index is 0.910. The van der Waals surface area contributed by atoms with Gasteiger partial charge < -0.3 is 4.42 Å². The van der Waals surface area contributed by atoms with Crippen molar-refractivity contribution >= 4 is 37.9 Å². The van der Waals surface area contributed by atoms with E-state index in [0.29, 0.717) is 0 Å². The minimum Gasteiger partial charge on any atom is -0.455 e. The smallest absolute Gasteiger partial charge is 0.143 e. The van der Waals surface area contributed by atoms with Gasteiger partial charge in [0.25, 0.3) is 0 Å². The lowest BCUT2D eigenvalue weighted by Crippen LogP contribution is -1.88. The number of benzene rings is 6. The highest BCUT2D eigenvalue weighted by molar-refractivity contribution is 9.10. The topological polar surface area (TPSA) is 13.1 Å². The molecule has 0 aliphatic heterocycles. The molecule has 180 valence electrons. The quantitative estimate of drug-likeness (QED) is 0.212. The Morgan fingerprint density at radius 1 is 0.395 bits per heavy atom. The number of furan rings is 1. The molecule has 0 aliphatic rings. The number of hydrogen-bond acceptors (Lipinski definition) is 1. The van der Waals surface area contributed by atoms with Crippen molar-refractivity contribution in [3.63, 3.8) is 0 Å². The molecule has 0 aliphatic carbocycles. The molecule has 0 saturated heterocycles. The molecule has 1 nitrogen and oxygen atoms in total. The second-order valence-corrected chi connectivity index (χ2v) is 10.5. The molecule has 6 aromatic carbocycles. The van der Waals surface area contributed by atoms with Crippen LogP contribution in [0.5, 0.6) is 0 Å². The molecule has 0 fully saturated rings. The van der Waals surface area contributed by atoms with Crippen LogP contribution in [0.4, 0.5) is 0 Å². The highest BCUT2D eigenvalue weighted by atomic mass is 79.9. The Bertz CT molecular complexity index is 1860. The first-order valence-electron chi connectivity index (χ1n) is 12.7. The van der Waals surface area contributed by atoms with Gasteiger partial charge in [-0.2, -0.15) is 0 Å². The van der Waals surface area contributed by atoms with E-state index in [0.717, 1.165) is 43.1 Å². The number of hydrogen-bond donors (Lipinski definition) is 0. The second-order valence-electron chi connectivity index (χ2n) is 9.54.